The van der Waals surface area contributed by atoms with E-state index in [1.54, 1.807) is 24.0 Å². The molecular weight excluding hydrogens is 354 g/mol. The number of hydrogen-bond donors (Lipinski definition) is 1. The van der Waals surface area contributed by atoms with Crippen molar-refractivity contribution in [1.82, 2.24) is 29.5 Å². The highest BCUT2D eigenvalue weighted by atomic mass is 16.1. The molecule has 0 atom stereocenters. The third-order valence-electron chi connectivity index (χ3n) is 5.15. The van der Waals surface area contributed by atoms with Gasteiger partial charge in [0.15, 0.2) is 5.65 Å². The Kier molecular flexibility index (Phi) is 3.89. The van der Waals surface area contributed by atoms with Gasteiger partial charge in [-0.1, -0.05) is 17.3 Å². The van der Waals surface area contributed by atoms with Crippen LogP contribution in [0.5, 0.6) is 0 Å². The van der Waals surface area contributed by atoms with Crippen molar-refractivity contribution in [2.45, 2.75) is 25.8 Å². The van der Waals surface area contributed by atoms with Gasteiger partial charge in [-0.25, -0.2) is 14.6 Å². The average molecular weight is 373 g/mol. The Balaban J connectivity index is 1.53. The topological polar surface area (TPSA) is 90.5 Å². The van der Waals surface area contributed by atoms with Crippen LogP contribution in [-0.4, -0.2) is 35.4 Å². The maximum atomic E-state index is 13.0. The van der Waals surface area contributed by atoms with Crippen LogP contribution >= 0.6 is 0 Å². The number of aromatic nitrogens is 6. The molecule has 0 saturated heterocycles. The number of para-hydroxylation sites is 1. The summed E-state index contributed by atoms with van der Waals surface area (Å²) in [6.45, 7) is 0.956. The van der Waals surface area contributed by atoms with Crippen molar-refractivity contribution in [3.8, 4) is 11.4 Å². The molecule has 0 spiro atoms. The zero-order valence-electron chi connectivity index (χ0n) is 15.5. The number of aryl methyl sites for hydroxylation is 2. The second-order valence-electron chi connectivity index (χ2n) is 6.93. The van der Waals surface area contributed by atoms with Crippen molar-refractivity contribution < 1.29 is 4.79 Å². The minimum atomic E-state index is -0.245. The van der Waals surface area contributed by atoms with Crippen LogP contribution in [0, 0.1) is 0 Å². The lowest BCUT2D eigenvalue weighted by Gasteiger charge is -2.18. The van der Waals surface area contributed by atoms with E-state index in [0.29, 0.717) is 16.7 Å². The lowest BCUT2D eigenvalue weighted by molar-refractivity contribution is 0.102. The van der Waals surface area contributed by atoms with Gasteiger partial charge in [0.2, 0.25) is 0 Å². The molecule has 3 aromatic heterocycles. The molecule has 8 nitrogen and oxygen atoms in total. The number of hydrogen-bond acceptors (Lipinski definition) is 5. The first-order valence-electron chi connectivity index (χ1n) is 9.32. The number of anilines is 1. The number of nitrogens with one attached hydrogen (secondary N) is 1. The number of nitrogens with zero attached hydrogens (tertiary/aromatic N) is 6. The minimum absolute atomic E-state index is 0.245. The van der Waals surface area contributed by atoms with Gasteiger partial charge in [0.05, 0.1) is 11.3 Å². The Morgan fingerprint density at radius 1 is 1.14 bits per heavy atom. The molecule has 0 radical (unpaired) electrons. The fourth-order valence-corrected chi connectivity index (χ4v) is 3.74. The number of benzene rings is 1. The molecule has 0 fully saturated rings. The number of pyridine rings is 1. The van der Waals surface area contributed by atoms with E-state index >= 15 is 0 Å². The fourth-order valence-electron chi connectivity index (χ4n) is 3.74. The van der Waals surface area contributed by atoms with Gasteiger partial charge in [0, 0.05) is 37.2 Å². The smallest absolute Gasteiger partial charge is 0.258 e. The molecule has 0 saturated carbocycles. The lowest BCUT2D eigenvalue weighted by Crippen LogP contribution is -2.15. The Labute approximate surface area is 161 Å². The first-order chi connectivity index (χ1) is 13.7. The third kappa shape index (κ3) is 2.65. The van der Waals surface area contributed by atoms with Gasteiger partial charge in [0.1, 0.15) is 11.3 Å². The van der Waals surface area contributed by atoms with Crippen LogP contribution < -0.4 is 5.32 Å². The van der Waals surface area contributed by atoms with E-state index in [4.69, 9.17) is 0 Å². The van der Waals surface area contributed by atoms with Crippen LogP contribution in [0.4, 0.5) is 5.69 Å². The summed E-state index contributed by atoms with van der Waals surface area (Å²) in [5.41, 5.74) is 4.38. The summed E-state index contributed by atoms with van der Waals surface area (Å²) >= 11 is 0. The number of carbonyl (C=O) groups excluding carboxylic acids is 1. The average Bonchev–Trinajstić information content (AvgIpc) is 3.32. The number of carbonyl (C=O) groups is 1. The van der Waals surface area contributed by atoms with Gasteiger partial charge >= 0.3 is 0 Å². The van der Waals surface area contributed by atoms with E-state index in [2.05, 4.69) is 30.2 Å². The highest BCUT2D eigenvalue weighted by Gasteiger charge is 2.20. The molecule has 1 amide bonds. The lowest BCUT2D eigenvalue weighted by atomic mass is 10.1. The molecule has 1 aliphatic heterocycles. The summed E-state index contributed by atoms with van der Waals surface area (Å²) in [7, 11) is 1.75. The van der Waals surface area contributed by atoms with Crippen LogP contribution in [0.1, 0.15) is 28.9 Å². The van der Waals surface area contributed by atoms with Crippen molar-refractivity contribution in [3.63, 3.8) is 0 Å². The van der Waals surface area contributed by atoms with Crippen molar-refractivity contribution in [3.05, 3.63) is 54.0 Å². The summed E-state index contributed by atoms with van der Waals surface area (Å²) < 4.78 is 3.80. The summed E-state index contributed by atoms with van der Waals surface area (Å²) in [5, 5.41) is 11.1. The molecule has 4 aromatic rings. The largest absolute Gasteiger partial charge is 0.328 e. The number of fused-ring (bicyclic) bond motifs is 2. The SMILES string of the molecule is Cn1nnc2c(C(=O)Nc3ccccc3-c3ncc4n3CCCC4)ccnc21. The van der Waals surface area contributed by atoms with Crippen LogP contribution in [0.3, 0.4) is 0 Å². The second-order valence-corrected chi connectivity index (χ2v) is 6.93. The first-order valence-corrected chi connectivity index (χ1v) is 9.32. The van der Waals surface area contributed by atoms with Crippen molar-refractivity contribution >= 4 is 22.8 Å². The first kappa shape index (κ1) is 16.6. The van der Waals surface area contributed by atoms with E-state index in [1.807, 2.05) is 30.5 Å². The summed E-state index contributed by atoms with van der Waals surface area (Å²) in [6.07, 6.45) is 6.92. The number of amides is 1. The predicted molar refractivity (Wildman–Crippen MR) is 105 cm³/mol. The summed E-state index contributed by atoms with van der Waals surface area (Å²) in [4.78, 5) is 21.9. The van der Waals surface area contributed by atoms with E-state index in [0.717, 1.165) is 36.5 Å². The molecule has 0 aliphatic carbocycles. The monoisotopic (exact) mass is 373 g/mol. The molecule has 0 bridgehead atoms. The highest BCUT2D eigenvalue weighted by molar-refractivity contribution is 6.11. The Hall–Kier alpha value is -3.55. The minimum Gasteiger partial charge on any atom is -0.328 e. The molecule has 1 N–H and O–H groups in total. The van der Waals surface area contributed by atoms with E-state index in [1.165, 1.54) is 12.1 Å². The van der Waals surface area contributed by atoms with Crippen LogP contribution in [0.25, 0.3) is 22.6 Å². The molecule has 1 aliphatic rings. The summed E-state index contributed by atoms with van der Waals surface area (Å²) in [5.74, 6) is 0.649. The quantitative estimate of drug-likeness (QED) is 0.596. The zero-order chi connectivity index (χ0) is 19.1. The fraction of sp³-hybridized carbons (Fsp3) is 0.250. The number of rotatable bonds is 3. The van der Waals surface area contributed by atoms with Crippen LogP contribution in [0.2, 0.25) is 0 Å². The summed E-state index contributed by atoms with van der Waals surface area (Å²) in [6, 6.07) is 9.41. The van der Waals surface area contributed by atoms with E-state index < -0.39 is 0 Å². The number of imidazole rings is 1. The van der Waals surface area contributed by atoms with Gasteiger partial charge in [-0.2, -0.15) is 0 Å². The maximum absolute atomic E-state index is 13.0. The Bertz CT molecular complexity index is 1190. The second kappa shape index (κ2) is 6.56. The van der Waals surface area contributed by atoms with Gasteiger partial charge < -0.3 is 9.88 Å². The van der Waals surface area contributed by atoms with Gasteiger partial charge in [0.25, 0.3) is 5.91 Å². The van der Waals surface area contributed by atoms with Crippen molar-refractivity contribution in [2.75, 3.05) is 5.32 Å². The van der Waals surface area contributed by atoms with Gasteiger partial charge in [-0.3, -0.25) is 4.79 Å². The molecule has 4 heterocycles. The maximum Gasteiger partial charge on any atom is 0.258 e. The molecular formula is C20H19N7O. The van der Waals surface area contributed by atoms with Gasteiger partial charge in [-0.05, 0) is 37.5 Å². The molecule has 5 rings (SSSR count). The van der Waals surface area contributed by atoms with Crippen molar-refractivity contribution in [2.24, 2.45) is 7.05 Å². The Morgan fingerprint density at radius 3 is 2.96 bits per heavy atom. The molecule has 1 aromatic carbocycles. The van der Waals surface area contributed by atoms with Crippen molar-refractivity contribution in [1.29, 1.82) is 0 Å². The predicted octanol–water partition coefficient (Wildman–Crippen LogP) is 2.82. The molecule has 140 valence electrons. The standard InChI is InChI=1S/C20H19N7O/c1-26-19-17(24-25-26)15(9-10-21-19)20(28)23-16-8-3-2-7-14(16)18-22-12-13-6-4-5-11-27(13)18/h2-3,7-10,12H,4-6,11H2,1H3,(H,23,28). The zero-order valence-corrected chi connectivity index (χ0v) is 15.5. The molecule has 0 unspecified atom stereocenters. The van der Waals surface area contributed by atoms with E-state index in [9.17, 15) is 4.79 Å². The molecule has 28 heavy (non-hydrogen) atoms. The normalized spacial score (nSPS) is 13.5. The third-order valence-corrected chi connectivity index (χ3v) is 5.15. The van der Waals surface area contributed by atoms with Gasteiger partial charge in [-0.15, -0.1) is 5.10 Å². The van der Waals surface area contributed by atoms with Crippen LogP contribution in [-0.2, 0) is 20.0 Å². The molecule has 8 heteroatoms. The van der Waals surface area contributed by atoms with E-state index in [-0.39, 0.29) is 5.91 Å². The van der Waals surface area contributed by atoms with Crippen LogP contribution in [0.15, 0.2) is 42.7 Å². The Morgan fingerprint density at radius 2 is 2.04 bits per heavy atom. The highest BCUT2D eigenvalue weighted by Crippen LogP contribution is 2.30.